The summed E-state index contributed by atoms with van der Waals surface area (Å²) < 4.78 is 7.49. The van der Waals surface area contributed by atoms with Crippen LogP contribution in [0.3, 0.4) is 0 Å². The minimum Gasteiger partial charge on any atom is -0.381 e. The third-order valence-corrected chi connectivity index (χ3v) is 3.72. The smallest absolute Gasteiger partial charge is 0.154 e. The fourth-order valence-electron chi connectivity index (χ4n) is 2.61. The van der Waals surface area contributed by atoms with E-state index < -0.39 is 0 Å². The fourth-order valence-corrected chi connectivity index (χ4v) is 2.61. The minimum absolute atomic E-state index is 0.530. The van der Waals surface area contributed by atoms with Gasteiger partial charge in [-0.05, 0) is 25.2 Å². The molecule has 1 aromatic heterocycles. The topological polar surface area (TPSA) is 39.9 Å². The molecule has 3 heterocycles. The van der Waals surface area contributed by atoms with Gasteiger partial charge in [-0.25, -0.2) is 9.67 Å². The number of aryl methyl sites for hydroxylation is 1. The van der Waals surface area contributed by atoms with E-state index in [-0.39, 0.29) is 0 Å². The average Bonchev–Trinajstić information content (AvgIpc) is 2.73. The Morgan fingerprint density at radius 3 is 2.88 bits per heavy atom. The number of hydrogen-bond acceptors (Lipinski definition) is 3. The molecule has 0 aromatic carbocycles. The number of ether oxygens (including phenoxy) is 1. The van der Waals surface area contributed by atoms with Crippen LogP contribution in [0, 0.1) is 5.92 Å². The number of aromatic nitrogens is 3. The molecule has 4 heteroatoms. The summed E-state index contributed by atoms with van der Waals surface area (Å²) in [4.78, 5) is 4.72. The highest BCUT2D eigenvalue weighted by molar-refractivity contribution is 5.02. The first-order valence-electron chi connectivity index (χ1n) is 6.34. The zero-order valence-corrected chi connectivity index (χ0v) is 9.85. The lowest BCUT2D eigenvalue weighted by Gasteiger charge is -2.18. The molecule has 0 bridgehead atoms. The van der Waals surface area contributed by atoms with Gasteiger partial charge in [-0.2, -0.15) is 5.10 Å². The number of rotatable bonds is 1. The summed E-state index contributed by atoms with van der Waals surface area (Å²) in [6.07, 6.45) is 4.50. The average molecular weight is 221 g/mol. The fraction of sp³-hybridized carbons (Fsp3) is 0.833. The second-order valence-corrected chi connectivity index (χ2v) is 5.09. The molecule has 3 rings (SSSR count). The molecule has 0 N–H and O–H groups in total. The zero-order chi connectivity index (χ0) is 11.0. The van der Waals surface area contributed by atoms with Gasteiger partial charge in [0.2, 0.25) is 0 Å². The molecule has 1 unspecified atom stereocenters. The van der Waals surface area contributed by atoms with Crippen LogP contribution in [-0.4, -0.2) is 28.0 Å². The van der Waals surface area contributed by atoms with E-state index in [0.717, 1.165) is 50.8 Å². The summed E-state index contributed by atoms with van der Waals surface area (Å²) in [6, 6.07) is 0. The van der Waals surface area contributed by atoms with Crippen LogP contribution in [0.2, 0.25) is 0 Å². The van der Waals surface area contributed by atoms with Gasteiger partial charge in [-0.3, -0.25) is 0 Å². The van der Waals surface area contributed by atoms with E-state index in [0.29, 0.717) is 5.92 Å². The Kier molecular flexibility index (Phi) is 2.67. The van der Waals surface area contributed by atoms with Crippen LogP contribution in [0.15, 0.2) is 0 Å². The van der Waals surface area contributed by atoms with Crippen molar-refractivity contribution < 1.29 is 4.74 Å². The van der Waals surface area contributed by atoms with Crippen LogP contribution in [0.4, 0.5) is 0 Å². The van der Waals surface area contributed by atoms with E-state index in [9.17, 15) is 0 Å². The normalized spacial score (nSPS) is 26.7. The highest BCUT2D eigenvalue weighted by Gasteiger charge is 2.24. The molecule has 0 spiro atoms. The van der Waals surface area contributed by atoms with Crippen molar-refractivity contribution in [3.8, 4) is 0 Å². The predicted molar refractivity (Wildman–Crippen MR) is 60.3 cm³/mol. The van der Waals surface area contributed by atoms with Crippen LogP contribution in [0.5, 0.6) is 0 Å². The maximum atomic E-state index is 5.38. The van der Waals surface area contributed by atoms with Crippen LogP contribution in [-0.2, 0) is 17.7 Å². The third kappa shape index (κ3) is 1.86. The van der Waals surface area contributed by atoms with Crippen molar-refractivity contribution in [3.63, 3.8) is 0 Å². The summed E-state index contributed by atoms with van der Waals surface area (Å²) in [6.45, 7) is 5.08. The number of nitrogens with zero attached hydrogens (tertiary/aromatic N) is 3. The van der Waals surface area contributed by atoms with Gasteiger partial charge in [0.05, 0.1) is 0 Å². The Balaban J connectivity index is 1.80. The van der Waals surface area contributed by atoms with Gasteiger partial charge in [0.25, 0.3) is 0 Å². The van der Waals surface area contributed by atoms with Crippen molar-refractivity contribution in [1.29, 1.82) is 0 Å². The van der Waals surface area contributed by atoms with Gasteiger partial charge in [-0.15, -0.1) is 0 Å². The number of hydrogen-bond donors (Lipinski definition) is 0. The lowest BCUT2D eigenvalue weighted by atomic mass is 9.99. The molecular weight excluding hydrogens is 202 g/mol. The first-order valence-corrected chi connectivity index (χ1v) is 6.34. The molecule has 16 heavy (non-hydrogen) atoms. The van der Waals surface area contributed by atoms with Gasteiger partial charge < -0.3 is 4.74 Å². The Labute approximate surface area is 96.0 Å². The molecule has 0 aliphatic carbocycles. The monoisotopic (exact) mass is 221 g/mol. The summed E-state index contributed by atoms with van der Waals surface area (Å²) in [5, 5.41) is 4.66. The van der Waals surface area contributed by atoms with E-state index in [1.807, 2.05) is 0 Å². The van der Waals surface area contributed by atoms with Crippen molar-refractivity contribution >= 4 is 0 Å². The molecule has 1 atom stereocenters. The Bertz CT molecular complexity index is 368. The maximum Gasteiger partial charge on any atom is 0.154 e. The SMILES string of the molecule is CC1CCn2nc(C3CCOCC3)nc2C1. The van der Waals surface area contributed by atoms with Crippen molar-refractivity contribution in [1.82, 2.24) is 14.8 Å². The molecule has 0 amide bonds. The standard InChI is InChI=1S/C12H19N3O/c1-9-2-5-15-11(8-9)13-12(14-15)10-3-6-16-7-4-10/h9-10H,2-8H2,1H3. The van der Waals surface area contributed by atoms with E-state index in [1.54, 1.807) is 0 Å². The zero-order valence-electron chi connectivity index (χ0n) is 9.85. The van der Waals surface area contributed by atoms with E-state index in [2.05, 4.69) is 16.7 Å². The lowest BCUT2D eigenvalue weighted by Crippen LogP contribution is -2.18. The number of fused-ring (bicyclic) bond motifs is 1. The van der Waals surface area contributed by atoms with Crippen LogP contribution < -0.4 is 0 Å². The van der Waals surface area contributed by atoms with Gasteiger partial charge >= 0.3 is 0 Å². The molecule has 88 valence electrons. The highest BCUT2D eigenvalue weighted by atomic mass is 16.5. The molecule has 1 aromatic rings. The molecule has 0 radical (unpaired) electrons. The van der Waals surface area contributed by atoms with Gasteiger partial charge in [-0.1, -0.05) is 6.92 Å². The van der Waals surface area contributed by atoms with E-state index in [1.165, 1.54) is 12.2 Å². The second kappa shape index (κ2) is 4.17. The second-order valence-electron chi connectivity index (χ2n) is 5.09. The van der Waals surface area contributed by atoms with Crippen LogP contribution in [0.25, 0.3) is 0 Å². The van der Waals surface area contributed by atoms with Gasteiger partial charge in [0.15, 0.2) is 5.82 Å². The molecule has 1 fully saturated rings. The largest absolute Gasteiger partial charge is 0.381 e. The van der Waals surface area contributed by atoms with Crippen LogP contribution >= 0.6 is 0 Å². The Hall–Kier alpha value is -0.900. The van der Waals surface area contributed by atoms with E-state index >= 15 is 0 Å². The highest BCUT2D eigenvalue weighted by Crippen LogP contribution is 2.26. The van der Waals surface area contributed by atoms with Crippen molar-refractivity contribution in [2.45, 2.75) is 45.1 Å². The van der Waals surface area contributed by atoms with Crippen molar-refractivity contribution in [2.24, 2.45) is 5.92 Å². The molecular formula is C12H19N3O. The van der Waals surface area contributed by atoms with Crippen molar-refractivity contribution in [2.75, 3.05) is 13.2 Å². The molecule has 2 aliphatic heterocycles. The lowest BCUT2D eigenvalue weighted by molar-refractivity contribution is 0.0835. The maximum absolute atomic E-state index is 5.38. The first kappa shape index (κ1) is 10.3. The molecule has 0 saturated carbocycles. The minimum atomic E-state index is 0.530. The van der Waals surface area contributed by atoms with E-state index in [4.69, 9.17) is 9.72 Å². The predicted octanol–water partition coefficient (Wildman–Crippen LogP) is 1.75. The first-order chi connectivity index (χ1) is 7.83. The Morgan fingerprint density at radius 1 is 1.25 bits per heavy atom. The van der Waals surface area contributed by atoms with Crippen molar-refractivity contribution in [3.05, 3.63) is 11.6 Å². The third-order valence-electron chi connectivity index (χ3n) is 3.72. The molecule has 2 aliphatic rings. The molecule has 4 nitrogen and oxygen atoms in total. The van der Waals surface area contributed by atoms with Crippen LogP contribution in [0.1, 0.15) is 43.8 Å². The summed E-state index contributed by atoms with van der Waals surface area (Å²) in [7, 11) is 0. The summed E-state index contributed by atoms with van der Waals surface area (Å²) in [5.41, 5.74) is 0. The Morgan fingerprint density at radius 2 is 2.06 bits per heavy atom. The van der Waals surface area contributed by atoms with Gasteiger partial charge in [0, 0.05) is 32.1 Å². The quantitative estimate of drug-likeness (QED) is 0.725. The summed E-state index contributed by atoms with van der Waals surface area (Å²) >= 11 is 0. The summed E-state index contributed by atoms with van der Waals surface area (Å²) in [5.74, 6) is 3.55. The molecule has 1 saturated heterocycles. The van der Waals surface area contributed by atoms with Gasteiger partial charge in [0.1, 0.15) is 5.82 Å².